The fourth-order valence-corrected chi connectivity index (χ4v) is 2.39. The molecule has 2 aromatic rings. The Morgan fingerprint density at radius 2 is 2.00 bits per heavy atom. The number of ether oxygens (including phenoxy) is 1. The molecule has 102 valence electrons. The van der Waals surface area contributed by atoms with Crippen LogP contribution in [0.1, 0.15) is 5.69 Å². The summed E-state index contributed by atoms with van der Waals surface area (Å²) < 4.78 is 37.7. The maximum Gasteiger partial charge on any atom is 0.298 e. The van der Waals surface area contributed by atoms with Gasteiger partial charge in [-0.15, -0.1) is 0 Å². The molecule has 0 aliphatic rings. The lowest BCUT2D eigenvalue weighted by Gasteiger charge is -2.08. The van der Waals surface area contributed by atoms with Crippen molar-refractivity contribution >= 4 is 10.1 Å². The second-order valence-corrected chi connectivity index (χ2v) is 5.31. The largest absolute Gasteiger partial charge is 0.495 e. The van der Waals surface area contributed by atoms with E-state index in [0.29, 0.717) is 5.69 Å². The first kappa shape index (κ1) is 13.4. The zero-order chi connectivity index (χ0) is 14.2. The van der Waals surface area contributed by atoms with Crippen molar-refractivity contribution in [1.29, 1.82) is 0 Å². The zero-order valence-electron chi connectivity index (χ0n) is 10.2. The summed E-state index contributed by atoms with van der Waals surface area (Å²) in [6.45, 7) is 1.70. The second kappa shape index (κ2) is 4.56. The molecule has 0 aliphatic heterocycles. The van der Waals surface area contributed by atoms with E-state index in [0.717, 1.165) is 6.07 Å². The third-order valence-corrected chi connectivity index (χ3v) is 3.41. The Kier molecular flexibility index (Phi) is 3.21. The van der Waals surface area contributed by atoms with Crippen LogP contribution in [0.5, 0.6) is 5.75 Å². The first-order chi connectivity index (χ1) is 8.82. The number of aromatic amines is 1. The number of H-pyrrole nitrogens is 1. The van der Waals surface area contributed by atoms with Crippen LogP contribution in [0.15, 0.2) is 34.0 Å². The Bertz CT molecular complexity index is 773. The molecule has 7 nitrogen and oxygen atoms in total. The van der Waals surface area contributed by atoms with Gasteiger partial charge >= 0.3 is 0 Å². The van der Waals surface area contributed by atoms with E-state index in [1.165, 1.54) is 30.0 Å². The van der Waals surface area contributed by atoms with Gasteiger partial charge in [0.1, 0.15) is 10.6 Å². The number of aryl methyl sites for hydroxylation is 1. The maximum atomic E-state index is 11.6. The lowest BCUT2D eigenvalue weighted by Crippen LogP contribution is -2.14. The number of aromatic nitrogens is 2. The molecule has 8 heteroatoms. The molecule has 0 aliphatic carbocycles. The molecule has 1 heterocycles. The molecule has 0 saturated carbocycles. The molecule has 0 amide bonds. The van der Waals surface area contributed by atoms with Gasteiger partial charge in [0.05, 0.1) is 12.8 Å². The lowest BCUT2D eigenvalue weighted by atomic mass is 10.3. The van der Waals surface area contributed by atoms with Crippen LogP contribution < -0.4 is 10.3 Å². The van der Waals surface area contributed by atoms with Crippen LogP contribution in [0.2, 0.25) is 0 Å². The third kappa shape index (κ3) is 2.54. The fraction of sp³-hybridized carbons (Fsp3) is 0.182. The van der Waals surface area contributed by atoms with Crippen molar-refractivity contribution in [2.24, 2.45) is 0 Å². The summed E-state index contributed by atoms with van der Waals surface area (Å²) >= 11 is 0. The van der Waals surface area contributed by atoms with Gasteiger partial charge in [0.25, 0.3) is 15.7 Å². The maximum absolute atomic E-state index is 11.6. The van der Waals surface area contributed by atoms with Crippen LogP contribution in [-0.4, -0.2) is 29.9 Å². The molecule has 0 atom stereocenters. The topological polar surface area (TPSA) is 101 Å². The molecule has 0 spiro atoms. The molecular weight excluding hydrogens is 272 g/mol. The molecule has 2 N–H and O–H groups in total. The van der Waals surface area contributed by atoms with Crippen LogP contribution in [0.3, 0.4) is 0 Å². The zero-order valence-corrected chi connectivity index (χ0v) is 11.1. The predicted molar refractivity (Wildman–Crippen MR) is 67.5 cm³/mol. The monoisotopic (exact) mass is 284 g/mol. The van der Waals surface area contributed by atoms with E-state index in [-0.39, 0.29) is 17.0 Å². The SMILES string of the molecule is COc1ccc(-n2[nH]c(C)cc2=O)cc1S(=O)(=O)O. The van der Waals surface area contributed by atoms with Gasteiger partial charge in [-0.1, -0.05) is 0 Å². The molecule has 1 aromatic heterocycles. The highest BCUT2D eigenvalue weighted by Gasteiger charge is 2.18. The third-order valence-electron chi connectivity index (χ3n) is 2.53. The van der Waals surface area contributed by atoms with Crippen molar-refractivity contribution in [1.82, 2.24) is 9.78 Å². The predicted octanol–water partition coefficient (Wildman–Crippen LogP) is 0.729. The molecule has 0 saturated heterocycles. The van der Waals surface area contributed by atoms with Gasteiger partial charge < -0.3 is 4.74 Å². The summed E-state index contributed by atoms with van der Waals surface area (Å²) in [6.07, 6.45) is 0. The number of hydrogen-bond donors (Lipinski definition) is 2. The average Bonchev–Trinajstić information content (AvgIpc) is 2.66. The van der Waals surface area contributed by atoms with Gasteiger partial charge in [0, 0.05) is 11.8 Å². The Morgan fingerprint density at radius 3 is 2.47 bits per heavy atom. The minimum Gasteiger partial charge on any atom is -0.495 e. The molecular formula is C11H12N2O5S. The number of nitrogens with zero attached hydrogens (tertiary/aromatic N) is 1. The standard InChI is InChI=1S/C11H12N2O5S/c1-7-5-11(14)13(12-7)8-3-4-9(18-2)10(6-8)19(15,16)17/h3-6,12H,1-2H3,(H,15,16,17). The first-order valence-electron chi connectivity index (χ1n) is 5.27. The summed E-state index contributed by atoms with van der Waals surface area (Å²) in [6, 6.07) is 5.40. The van der Waals surface area contributed by atoms with Crippen LogP contribution in [0, 0.1) is 6.92 Å². The molecule has 0 unspecified atom stereocenters. The van der Waals surface area contributed by atoms with Crippen molar-refractivity contribution in [3.05, 3.63) is 40.3 Å². The quantitative estimate of drug-likeness (QED) is 0.809. The number of benzene rings is 1. The van der Waals surface area contributed by atoms with Crippen molar-refractivity contribution in [2.45, 2.75) is 11.8 Å². The van der Waals surface area contributed by atoms with Crippen LogP contribution in [0.25, 0.3) is 5.69 Å². The second-order valence-electron chi connectivity index (χ2n) is 3.92. The average molecular weight is 284 g/mol. The van der Waals surface area contributed by atoms with Gasteiger partial charge in [-0.2, -0.15) is 8.42 Å². The van der Waals surface area contributed by atoms with Crippen LogP contribution in [-0.2, 0) is 10.1 Å². The van der Waals surface area contributed by atoms with E-state index in [4.69, 9.17) is 9.29 Å². The molecule has 19 heavy (non-hydrogen) atoms. The van der Waals surface area contributed by atoms with Gasteiger partial charge in [-0.05, 0) is 25.1 Å². The van der Waals surface area contributed by atoms with E-state index in [1.807, 2.05) is 0 Å². The number of hydrogen-bond acceptors (Lipinski definition) is 4. The molecule has 1 aromatic carbocycles. The van der Waals surface area contributed by atoms with Crippen molar-refractivity contribution in [3.63, 3.8) is 0 Å². The Labute approximate surface area is 109 Å². The summed E-state index contributed by atoms with van der Waals surface area (Å²) in [5.74, 6) is 0.00239. The Balaban J connectivity index is 2.68. The minimum atomic E-state index is -4.44. The van der Waals surface area contributed by atoms with Crippen molar-refractivity contribution in [3.8, 4) is 11.4 Å². The van der Waals surface area contributed by atoms with E-state index >= 15 is 0 Å². The smallest absolute Gasteiger partial charge is 0.298 e. The summed E-state index contributed by atoms with van der Waals surface area (Å²) in [5.41, 5.74) is 0.588. The lowest BCUT2D eigenvalue weighted by molar-refractivity contribution is 0.397. The van der Waals surface area contributed by atoms with E-state index in [2.05, 4.69) is 5.10 Å². The van der Waals surface area contributed by atoms with E-state index < -0.39 is 15.0 Å². The van der Waals surface area contributed by atoms with Crippen LogP contribution >= 0.6 is 0 Å². The highest BCUT2D eigenvalue weighted by molar-refractivity contribution is 7.86. The fourth-order valence-electron chi connectivity index (χ4n) is 1.71. The van der Waals surface area contributed by atoms with Gasteiger partial charge in [-0.25, -0.2) is 4.68 Å². The minimum absolute atomic E-state index is 0.00239. The molecule has 0 bridgehead atoms. The Hall–Kier alpha value is -2.06. The Morgan fingerprint density at radius 1 is 1.32 bits per heavy atom. The summed E-state index contributed by atoms with van der Waals surface area (Å²) in [4.78, 5) is 11.2. The van der Waals surface area contributed by atoms with Crippen molar-refractivity contribution in [2.75, 3.05) is 7.11 Å². The normalized spacial score (nSPS) is 11.5. The molecule has 0 radical (unpaired) electrons. The molecule has 0 fully saturated rings. The summed E-state index contributed by atoms with van der Waals surface area (Å²) in [5, 5.41) is 2.76. The van der Waals surface area contributed by atoms with E-state index in [9.17, 15) is 13.2 Å². The number of rotatable bonds is 3. The van der Waals surface area contributed by atoms with Gasteiger partial charge in [-0.3, -0.25) is 14.4 Å². The van der Waals surface area contributed by atoms with Gasteiger partial charge in [0.2, 0.25) is 0 Å². The number of methoxy groups -OCH3 is 1. The first-order valence-corrected chi connectivity index (χ1v) is 6.71. The van der Waals surface area contributed by atoms with Crippen LogP contribution in [0.4, 0.5) is 0 Å². The van der Waals surface area contributed by atoms with Gasteiger partial charge in [0.15, 0.2) is 0 Å². The summed E-state index contributed by atoms with van der Waals surface area (Å²) in [7, 11) is -3.15. The highest BCUT2D eigenvalue weighted by atomic mass is 32.2. The molecule has 2 rings (SSSR count). The number of nitrogens with one attached hydrogen (secondary N) is 1. The van der Waals surface area contributed by atoms with E-state index in [1.54, 1.807) is 6.92 Å². The van der Waals surface area contributed by atoms with Crippen molar-refractivity contribution < 1.29 is 17.7 Å². The highest BCUT2D eigenvalue weighted by Crippen LogP contribution is 2.25.